The first kappa shape index (κ1) is 16.9. The summed E-state index contributed by atoms with van der Waals surface area (Å²) in [5, 5.41) is 2.60. The number of carbonyl (C=O) groups is 1. The molecule has 1 aromatic carbocycles. The standard InChI is InChI=1S/C12H18BrN3O3S/c1-7(2)16-12(17)6-15-20(18,19)11-5-9(13)4-10(14)8(11)3/h4-5,7,15H,6,14H2,1-3H3,(H,16,17). The summed E-state index contributed by atoms with van der Waals surface area (Å²) in [6.07, 6.45) is 0. The van der Waals surface area contributed by atoms with Gasteiger partial charge in [0.15, 0.2) is 0 Å². The zero-order chi connectivity index (χ0) is 15.5. The number of hydrogen-bond donors (Lipinski definition) is 3. The Morgan fingerprint density at radius 1 is 1.40 bits per heavy atom. The molecule has 0 atom stereocenters. The average Bonchev–Trinajstić information content (AvgIpc) is 2.30. The van der Waals surface area contributed by atoms with E-state index in [0.717, 1.165) is 0 Å². The summed E-state index contributed by atoms with van der Waals surface area (Å²) >= 11 is 3.20. The second-order valence-electron chi connectivity index (χ2n) is 4.66. The van der Waals surface area contributed by atoms with Crippen molar-refractivity contribution in [1.82, 2.24) is 10.0 Å². The second kappa shape index (κ2) is 6.55. The first-order valence-electron chi connectivity index (χ1n) is 5.98. The number of anilines is 1. The lowest BCUT2D eigenvalue weighted by Crippen LogP contribution is -2.39. The fourth-order valence-electron chi connectivity index (χ4n) is 1.56. The molecule has 4 N–H and O–H groups in total. The lowest BCUT2D eigenvalue weighted by molar-refractivity contribution is -0.120. The van der Waals surface area contributed by atoms with Gasteiger partial charge in [0.25, 0.3) is 0 Å². The first-order valence-corrected chi connectivity index (χ1v) is 8.25. The third-order valence-electron chi connectivity index (χ3n) is 2.53. The molecule has 0 aliphatic carbocycles. The average molecular weight is 364 g/mol. The van der Waals surface area contributed by atoms with Crippen molar-refractivity contribution in [2.75, 3.05) is 12.3 Å². The van der Waals surface area contributed by atoms with Crippen LogP contribution in [0, 0.1) is 6.92 Å². The minimum Gasteiger partial charge on any atom is -0.398 e. The highest BCUT2D eigenvalue weighted by molar-refractivity contribution is 9.10. The number of nitrogens with one attached hydrogen (secondary N) is 2. The normalized spacial score (nSPS) is 11.7. The predicted octanol–water partition coefficient (Wildman–Crippen LogP) is 1.14. The fraction of sp³-hybridized carbons (Fsp3) is 0.417. The number of benzene rings is 1. The molecule has 8 heteroatoms. The van der Waals surface area contributed by atoms with E-state index in [-0.39, 0.29) is 23.4 Å². The SMILES string of the molecule is Cc1c(N)cc(Br)cc1S(=O)(=O)NCC(=O)NC(C)C. The van der Waals surface area contributed by atoms with Crippen LogP contribution >= 0.6 is 15.9 Å². The Morgan fingerprint density at radius 2 is 2.00 bits per heavy atom. The highest BCUT2D eigenvalue weighted by atomic mass is 79.9. The smallest absolute Gasteiger partial charge is 0.241 e. The van der Waals surface area contributed by atoms with Crippen molar-refractivity contribution >= 4 is 37.5 Å². The number of halogens is 1. The van der Waals surface area contributed by atoms with Crippen molar-refractivity contribution < 1.29 is 13.2 Å². The molecule has 0 unspecified atom stereocenters. The monoisotopic (exact) mass is 363 g/mol. The molecule has 0 heterocycles. The molecule has 0 fully saturated rings. The molecule has 1 amide bonds. The maximum Gasteiger partial charge on any atom is 0.241 e. The van der Waals surface area contributed by atoms with Gasteiger partial charge in [0.05, 0.1) is 11.4 Å². The number of sulfonamides is 1. The first-order chi connectivity index (χ1) is 9.13. The van der Waals surface area contributed by atoms with Crippen LogP contribution in [-0.4, -0.2) is 26.9 Å². The van der Waals surface area contributed by atoms with E-state index in [2.05, 4.69) is 26.0 Å². The van der Waals surface area contributed by atoms with Gasteiger partial charge >= 0.3 is 0 Å². The van der Waals surface area contributed by atoms with Gasteiger partial charge in [-0.1, -0.05) is 15.9 Å². The van der Waals surface area contributed by atoms with E-state index in [1.807, 2.05) is 0 Å². The molecule has 0 saturated carbocycles. The zero-order valence-electron chi connectivity index (χ0n) is 11.5. The Kier molecular flexibility index (Phi) is 5.55. The van der Waals surface area contributed by atoms with E-state index in [4.69, 9.17) is 5.73 Å². The number of amides is 1. The molecule has 0 radical (unpaired) electrons. The summed E-state index contributed by atoms with van der Waals surface area (Å²) in [6, 6.07) is 3.03. The Balaban J connectivity index is 2.93. The maximum atomic E-state index is 12.2. The van der Waals surface area contributed by atoms with Crippen molar-refractivity contribution in [3.63, 3.8) is 0 Å². The summed E-state index contributed by atoms with van der Waals surface area (Å²) in [5.41, 5.74) is 6.55. The van der Waals surface area contributed by atoms with Gasteiger partial charge in [0.2, 0.25) is 15.9 Å². The van der Waals surface area contributed by atoms with Crippen molar-refractivity contribution in [2.45, 2.75) is 31.7 Å². The molecule has 6 nitrogen and oxygen atoms in total. The molecule has 0 aromatic heterocycles. The van der Waals surface area contributed by atoms with Crippen LogP contribution in [0.25, 0.3) is 0 Å². The summed E-state index contributed by atoms with van der Waals surface area (Å²) < 4.78 is 27.2. The van der Waals surface area contributed by atoms with Crippen molar-refractivity contribution in [3.05, 3.63) is 22.2 Å². The van der Waals surface area contributed by atoms with Gasteiger partial charge < -0.3 is 11.1 Å². The Hall–Kier alpha value is -1.12. The van der Waals surface area contributed by atoms with Crippen LogP contribution < -0.4 is 15.8 Å². The number of carbonyl (C=O) groups excluding carboxylic acids is 1. The Bertz CT molecular complexity index is 615. The van der Waals surface area contributed by atoms with Gasteiger partial charge in [-0.15, -0.1) is 0 Å². The van der Waals surface area contributed by atoms with Crippen LogP contribution in [0.1, 0.15) is 19.4 Å². The highest BCUT2D eigenvalue weighted by Crippen LogP contribution is 2.25. The molecule has 1 rings (SSSR count). The van der Waals surface area contributed by atoms with Crippen molar-refractivity contribution in [1.29, 1.82) is 0 Å². The number of nitrogens with two attached hydrogens (primary N) is 1. The predicted molar refractivity (Wildman–Crippen MR) is 81.8 cm³/mol. The lowest BCUT2D eigenvalue weighted by Gasteiger charge is -2.12. The zero-order valence-corrected chi connectivity index (χ0v) is 13.9. The molecule has 20 heavy (non-hydrogen) atoms. The van der Waals surface area contributed by atoms with E-state index in [9.17, 15) is 13.2 Å². The van der Waals surface area contributed by atoms with Gasteiger partial charge in [-0.2, -0.15) is 0 Å². The van der Waals surface area contributed by atoms with Crippen molar-refractivity contribution in [3.8, 4) is 0 Å². The minimum absolute atomic E-state index is 0.0461. The van der Waals surface area contributed by atoms with Gasteiger partial charge in [-0.3, -0.25) is 4.79 Å². The third-order valence-corrected chi connectivity index (χ3v) is 4.51. The van der Waals surface area contributed by atoms with Crippen LogP contribution in [0.4, 0.5) is 5.69 Å². The van der Waals surface area contributed by atoms with Gasteiger partial charge in [0, 0.05) is 16.2 Å². The molecule has 0 aliphatic rings. The quantitative estimate of drug-likeness (QED) is 0.682. The van der Waals surface area contributed by atoms with Crippen molar-refractivity contribution in [2.24, 2.45) is 0 Å². The lowest BCUT2D eigenvalue weighted by atomic mass is 10.2. The van der Waals surface area contributed by atoms with Crippen LogP contribution in [0.15, 0.2) is 21.5 Å². The van der Waals surface area contributed by atoms with Crippen LogP contribution in [0.2, 0.25) is 0 Å². The second-order valence-corrected chi connectivity index (χ2v) is 7.32. The number of hydrogen-bond acceptors (Lipinski definition) is 4. The van der Waals surface area contributed by atoms with Crippen LogP contribution in [0.3, 0.4) is 0 Å². The number of nitrogen functional groups attached to an aromatic ring is 1. The summed E-state index contributed by atoms with van der Waals surface area (Å²) in [5.74, 6) is -0.385. The van der Waals surface area contributed by atoms with Gasteiger partial charge in [0.1, 0.15) is 0 Å². The Labute approximate surface area is 127 Å². The topological polar surface area (TPSA) is 101 Å². The molecule has 112 valence electrons. The molecular formula is C12H18BrN3O3S. The summed E-state index contributed by atoms with van der Waals surface area (Å²) in [7, 11) is -3.79. The molecule has 0 aliphatic heterocycles. The summed E-state index contributed by atoms with van der Waals surface area (Å²) in [6.45, 7) is 4.90. The van der Waals surface area contributed by atoms with E-state index < -0.39 is 10.0 Å². The van der Waals surface area contributed by atoms with Crippen LogP contribution in [0.5, 0.6) is 0 Å². The summed E-state index contributed by atoms with van der Waals surface area (Å²) in [4.78, 5) is 11.5. The minimum atomic E-state index is -3.79. The number of rotatable bonds is 5. The van der Waals surface area contributed by atoms with Gasteiger partial charge in [-0.05, 0) is 38.5 Å². The van der Waals surface area contributed by atoms with E-state index in [0.29, 0.717) is 15.7 Å². The molecular weight excluding hydrogens is 346 g/mol. The largest absolute Gasteiger partial charge is 0.398 e. The molecule has 0 spiro atoms. The van der Waals surface area contributed by atoms with Crippen LogP contribution in [-0.2, 0) is 14.8 Å². The van der Waals surface area contributed by atoms with Gasteiger partial charge in [-0.25, -0.2) is 13.1 Å². The van der Waals surface area contributed by atoms with E-state index in [1.54, 1.807) is 26.8 Å². The van der Waals surface area contributed by atoms with E-state index >= 15 is 0 Å². The Morgan fingerprint density at radius 3 is 2.55 bits per heavy atom. The molecule has 1 aromatic rings. The van der Waals surface area contributed by atoms with E-state index in [1.165, 1.54) is 6.07 Å². The maximum absolute atomic E-state index is 12.2. The fourth-order valence-corrected chi connectivity index (χ4v) is 3.47. The third kappa shape index (κ3) is 4.46. The molecule has 0 bridgehead atoms. The highest BCUT2D eigenvalue weighted by Gasteiger charge is 2.20. The molecule has 0 saturated heterocycles.